The standard InChI is InChI=1S/C16H12BrN3O2/c17-14-5-7-15(8-6-14)22-11-16(21)20-19-10-13-3-1-12(9-18)2-4-13/h1-8,10H,11H2,(H,20,21). The highest BCUT2D eigenvalue weighted by Gasteiger charge is 2.01. The van der Waals surface area contributed by atoms with Gasteiger partial charge < -0.3 is 4.74 Å². The first kappa shape index (κ1) is 15.7. The van der Waals surface area contributed by atoms with Crippen molar-refractivity contribution < 1.29 is 9.53 Å². The molecule has 1 N–H and O–H groups in total. The lowest BCUT2D eigenvalue weighted by molar-refractivity contribution is -0.123. The Morgan fingerprint density at radius 3 is 2.55 bits per heavy atom. The van der Waals surface area contributed by atoms with Crippen molar-refractivity contribution in [1.29, 1.82) is 5.26 Å². The first-order chi connectivity index (χ1) is 10.7. The Kier molecular flexibility index (Phi) is 5.69. The summed E-state index contributed by atoms with van der Waals surface area (Å²) in [5.74, 6) is 0.252. The van der Waals surface area contributed by atoms with E-state index in [0.717, 1.165) is 10.0 Å². The third kappa shape index (κ3) is 5.04. The average molecular weight is 358 g/mol. The van der Waals surface area contributed by atoms with Gasteiger partial charge in [-0.2, -0.15) is 10.4 Å². The second-order valence-electron chi connectivity index (χ2n) is 4.27. The van der Waals surface area contributed by atoms with Crippen LogP contribution >= 0.6 is 15.9 Å². The number of hydrazone groups is 1. The Morgan fingerprint density at radius 2 is 1.91 bits per heavy atom. The van der Waals surface area contributed by atoms with E-state index in [4.69, 9.17) is 10.00 Å². The van der Waals surface area contributed by atoms with Gasteiger partial charge in [-0.3, -0.25) is 4.79 Å². The van der Waals surface area contributed by atoms with Gasteiger partial charge in [0.25, 0.3) is 5.91 Å². The largest absolute Gasteiger partial charge is 0.484 e. The van der Waals surface area contributed by atoms with E-state index in [1.807, 2.05) is 18.2 Å². The quantitative estimate of drug-likeness (QED) is 0.660. The lowest BCUT2D eigenvalue weighted by Crippen LogP contribution is -2.24. The van der Waals surface area contributed by atoms with E-state index < -0.39 is 0 Å². The monoisotopic (exact) mass is 357 g/mol. The number of halogens is 1. The summed E-state index contributed by atoms with van der Waals surface area (Å²) in [5.41, 5.74) is 3.73. The van der Waals surface area contributed by atoms with Gasteiger partial charge in [0, 0.05) is 4.47 Å². The van der Waals surface area contributed by atoms with E-state index in [2.05, 4.69) is 26.5 Å². The van der Waals surface area contributed by atoms with Crippen molar-refractivity contribution in [3.8, 4) is 11.8 Å². The number of hydrogen-bond acceptors (Lipinski definition) is 4. The predicted octanol–water partition coefficient (Wildman–Crippen LogP) is 2.85. The fourth-order valence-corrected chi connectivity index (χ4v) is 1.80. The van der Waals surface area contributed by atoms with Crippen LogP contribution in [-0.4, -0.2) is 18.7 Å². The highest BCUT2D eigenvalue weighted by Crippen LogP contribution is 2.15. The fraction of sp³-hybridized carbons (Fsp3) is 0.0625. The molecule has 0 aliphatic carbocycles. The van der Waals surface area contributed by atoms with Crippen LogP contribution in [0.1, 0.15) is 11.1 Å². The molecule has 0 bridgehead atoms. The number of hydrogen-bond donors (Lipinski definition) is 1. The molecule has 0 atom stereocenters. The van der Waals surface area contributed by atoms with Gasteiger partial charge in [0.1, 0.15) is 5.75 Å². The molecule has 0 radical (unpaired) electrons. The number of nitrogens with one attached hydrogen (secondary N) is 1. The number of benzene rings is 2. The number of rotatable bonds is 5. The lowest BCUT2D eigenvalue weighted by atomic mass is 10.2. The Bertz CT molecular complexity index is 704. The molecular formula is C16H12BrN3O2. The minimum absolute atomic E-state index is 0.119. The van der Waals surface area contributed by atoms with Gasteiger partial charge in [-0.15, -0.1) is 0 Å². The predicted molar refractivity (Wildman–Crippen MR) is 86.5 cm³/mol. The van der Waals surface area contributed by atoms with Crippen molar-refractivity contribution in [3.63, 3.8) is 0 Å². The molecule has 0 saturated heterocycles. The highest BCUT2D eigenvalue weighted by atomic mass is 79.9. The summed E-state index contributed by atoms with van der Waals surface area (Å²) in [6, 6.07) is 16.1. The van der Waals surface area contributed by atoms with Crippen LogP contribution in [0.5, 0.6) is 5.75 Å². The minimum Gasteiger partial charge on any atom is -0.484 e. The zero-order chi connectivity index (χ0) is 15.8. The number of carbonyl (C=O) groups excluding carboxylic acids is 1. The van der Waals surface area contributed by atoms with Gasteiger partial charge in [0.2, 0.25) is 0 Å². The fourth-order valence-electron chi connectivity index (χ4n) is 1.53. The van der Waals surface area contributed by atoms with Crippen molar-refractivity contribution >= 4 is 28.1 Å². The minimum atomic E-state index is -0.354. The van der Waals surface area contributed by atoms with E-state index in [0.29, 0.717) is 11.3 Å². The number of nitrogens with zero attached hydrogens (tertiary/aromatic N) is 2. The van der Waals surface area contributed by atoms with Crippen LogP contribution in [0, 0.1) is 11.3 Å². The van der Waals surface area contributed by atoms with E-state index in [-0.39, 0.29) is 12.5 Å². The zero-order valence-corrected chi connectivity index (χ0v) is 13.1. The topological polar surface area (TPSA) is 74.5 Å². The molecule has 6 heteroatoms. The van der Waals surface area contributed by atoms with Crippen LogP contribution in [-0.2, 0) is 4.79 Å². The molecule has 5 nitrogen and oxygen atoms in total. The first-order valence-corrected chi connectivity index (χ1v) is 7.17. The van der Waals surface area contributed by atoms with Gasteiger partial charge in [0.15, 0.2) is 6.61 Å². The average Bonchev–Trinajstić information content (AvgIpc) is 2.55. The lowest BCUT2D eigenvalue weighted by Gasteiger charge is -2.04. The second kappa shape index (κ2) is 7.96. The molecule has 0 aliphatic rings. The summed E-state index contributed by atoms with van der Waals surface area (Å²) in [7, 11) is 0. The first-order valence-electron chi connectivity index (χ1n) is 6.38. The summed E-state index contributed by atoms with van der Waals surface area (Å²) in [6.45, 7) is -0.119. The maximum atomic E-state index is 11.6. The van der Waals surface area contributed by atoms with Crippen molar-refractivity contribution in [3.05, 3.63) is 64.1 Å². The van der Waals surface area contributed by atoms with Crippen LogP contribution in [0.4, 0.5) is 0 Å². The van der Waals surface area contributed by atoms with Gasteiger partial charge >= 0.3 is 0 Å². The zero-order valence-electron chi connectivity index (χ0n) is 11.5. The third-order valence-electron chi connectivity index (χ3n) is 2.63. The molecule has 0 heterocycles. The molecule has 1 amide bonds. The van der Waals surface area contributed by atoms with Gasteiger partial charge in [-0.05, 0) is 42.0 Å². The SMILES string of the molecule is N#Cc1ccc(C=NNC(=O)COc2ccc(Br)cc2)cc1. The third-order valence-corrected chi connectivity index (χ3v) is 3.15. The Balaban J connectivity index is 1.78. The van der Waals surface area contributed by atoms with Crippen molar-refractivity contribution in [2.45, 2.75) is 0 Å². The maximum absolute atomic E-state index is 11.6. The number of nitriles is 1. The van der Waals surface area contributed by atoms with E-state index >= 15 is 0 Å². The summed E-state index contributed by atoms with van der Waals surface area (Å²) in [4.78, 5) is 11.6. The van der Waals surface area contributed by atoms with Crippen LogP contribution in [0.3, 0.4) is 0 Å². The number of amides is 1. The van der Waals surface area contributed by atoms with Crippen molar-refractivity contribution in [1.82, 2.24) is 5.43 Å². The molecule has 0 fully saturated rings. The van der Waals surface area contributed by atoms with Gasteiger partial charge in [-0.1, -0.05) is 28.1 Å². The molecule has 0 aliphatic heterocycles. The van der Waals surface area contributed by atoms with Crippen LogP contribution in [0.15, 0.2) is 58.1 Å². The van der Waals surface area contributed by atoms with Crippen LogP contribution in [0.2, 0.25) is 0 Å². The molecule has 110 valence electrons. The Hall–Kier alpha value is -2.65. The Morgan fingerprint density at radius 1 is 1.23 bits per heavy atom. The molecule has 0 aromatic heterocycles. The molecule has 0 saturated carbocycles. The summed E-state index contributed by atoms with van der Waals surface area (Å²) >= 11 is 3.32. The highest BCUT2D eigenvalue weighted by molar-refractivity contribution is 9.10. The number of ether oxygens (including phenoxy) is 1. The number of carbonyl (C=O) groups is 1. The van der Waals surface area contributed by atoms with Crippen LogP contribution in [0.25, 0.3) is 0 Å². The van der Waals surface area contributed by atoms with Crippen molar-refractivity contribution in [2.24, 2.45) is 5.10 Å². The molecule has 2 aromatic carbocycles. The molecule has 2 rings (SSSR count). The smallest absolute Gasteiger partial charge is 0.277 e. The molecular weight excluding hydrogens is 346 g/mol. The molecule has 0 unspecified atom stereocenters. The summed E-state index contributed by atoms with van der Waals surface area (Å²) in [6.07, 6.45) is 1.50. The van der Waals surface area contributed by atoms with Gasteiger partial charge in [0.05, 0.1) is 17.8 Å². The normalized spacial score (nSPS) is 10.2. The maximum Gasteiger partial charge on any atom is 0.277 e. The summed E-state index contributed by atoms with van der Waals surface area (Å²) in [5, 5.41) is 12.5. The molecule has 2 aromatic rings. The van der Waals surface area contributed by atoms with E-state index in [1.54, 1.807) is 36.4 Å². The molecule has 22 heavy (non-hydrogen) atoms. The van der Waals surface area contributed by atoms with E-state index in [9.17, 15) is 4.79 Å². The van der Waals surface area contributed by atoms with Crippen LogP contribution < -0.4 is 10.2 Å². The molecule has 0 spiro atoms. The van der Waals surface area contributed by atoms with Gasteiger partial charge in [-0.25, -0.2) is 5.43 Å². The van der Waals surface area contributed by atoms with E-state index in [1.165, 1.54) is 6.21 Å². The summed E-state index contributed by atoms with van der Waals surface area (Å²) < 4.78 is 6.25. The van der Waals surface area contributed by atoms with Crippen molar-refractivity contribution in [2.75, 3.05) is 6.61 Å². The second-order valence-corrected chi connectivity index (χ2v) is 5.19. The Labute approximate surface area is 136 Å².